The van der Waals surface area contributed by atoms with Crippen molar-refractivity contribution in [1.29, 1.82) is 0 Å². The molecule has 0 heterocycles. The molecule has 0 saturated heterocycles. The molecule has 0 aromatic heterocycles. The van der Waals surface area contributed by atoms with Gasteiger partial charge in [0.2, 0.25) is 10.0 Å². The van der Waals surface area contributed by atoms with Crippen LogP contribution in [0.2, 0.25) is 0 Å². The molecule has 3 nitrogen and oxygen atoms in total. The topological polar surface area (TPSA) is 46.2 Å². The summed E-state index contributed by atoms with van der Waals surface area (Å²) in [6, 6.07) is 0.130. The molecule has 0 aromatic rings. The first kappa shape index (κ1) is 11.4. The number of nitrogens with one attached hydrogen (secondary N) is 1. The zero-order chi connectivity index (χ0) is 11.1. The van der Waals surface area contributed by atoms with Crippen LogP contribution in [0.5, 0.6) is 0 Å². The molecule has 0 radical (unpaired) electrons. The number of hydrogen-bond donors (Lipinski definition) is 1. The third kappa shape index (κ3) is 2.36. The van der Waals surface area contributed by atoms with Crippen LogP contribution in [0.1, 0.15) is 39.5 Å². The quantitative estimate of drug-likeness (QED) is 0.801. The van der Waals surface area contributed by atoms with Crippen LogP contribution in [0.25, 0.3) is 0 Å². The molecule has 2 bridgehead atoms. The van der Waals surface area contributed by atoms with E-state index in [2.05, 4.69) is 4.72 Å². The predicted octanol–water partition coefficient (Wildman–Crippen LogP) is 1.75. The minimum Gasteiger partial charge on any atom is -0.212 e. The van der Waals surface area contributed by atoms with Gasteiger partial charge in [0.25, 0.3) is 0 Å². The summed E-state index contributed by atoms with van der Waals surface area (Å²) in [7, 11) is -3.02. The van der Waals surface area contributed by atoms with Crippen molar-refractivity contribution in [2.45, 2.75) is 45.6 Å². The van der Waals surface area contributed by atoms with Crippen LogP contribution in [-0.2, 0) is 10.0 Å². The van der Waals surface area contributed by atoms with Gasteiger partial charge in [-0.25, -0.2) is 13.1 Å². The minimum absolute atomic E-state index is 0.130. The van der Waals surface area contributed by atoms with Crippen molar-refractivity contribution in [3.8, 4) is 0 Å². The molecule has 0 amide bonds. The molecule has 2 rings (SSSR count). The molecule has 2 aliphatic rings. The molecule has 88 valence electrons. The van der Waals surface area contributed by atoms with Gasteiger partial charge in [-0.3, -0.25) is 0 Å². The second-order valence-electron chi connectivity index (χ2n) is 5.15. The highest BCUT2D eigenvalue weighted by Crippen LogP contribution is 2.49. The van der Waals surface area contributed by atoms with Gasteiger partial charge < -0.3 is 0 Å². The first-order valence-electron chi connectivity index (χ1n) is 6.02. The van der Waals surface area contributed by atoms with Gasteiger partial charge in [-0.15, -0.1) is 0 Å². The average Bonchev–Trinajstić information content (AvgIpc) is 2.78. The Balaban J connectivity index is 1.95. The lowest BCUT2D eigenvalue weighted by atomic mass is 9.84. The molecule has 2 fully saturated rings. The number of sulfonamides is 1. The van der Waals surface area contributed by atoms with E-state index in [9.17, 15) is 8.42 Å². The van der Waals surface area contributed by atoms with Crippen LogP contribution >= 0.6 is 0 Å². The summed E-state index contributed by atoms with van der Waals surface area (Å²) in [5.74, 6) is 2.45. The largest absolute Gasteiger partial charge is 0.212 e. The fourth-order valence-electron chi connectivity index (χ4n) is 3.36. The Morgan fingerprint density at radius 2 is 2.07 bits per heavy atom. The Hall–Kier alpha value is -0.0900. The van der Waals surface area contributed by atoms with Gasteiger partial charge in [0.05, 0.1) is 5.75 Å². The third-order valence-electron chi connectivity index (χ3n) is 4.18. The van der Waals surface area contributed by atoms with Gasteiger partial charge >= 0.3 is 0 Å². The van der Waals surface area contributed by atoms with E-state index in [1.807, 2.05) is 6.92 Å². The number of rotatable bonds is 4. The van der Waals surface area contributed by atoms with E-state index >= 15 is 0 Å². The summed E-state index contributed by atoms with van der Waals surface area (Å²) in [6.45, 7) is 3.72. The number of fused-ring (bicyclic) bond motifs is 2. The average molecular weight is 231 g/mol. The molecule has 0 aliphatic heterocycles. The van der Waals surface area contributed by atoms with Crippen LogP contribution in [0.3, 0.4) is 0 Å². The van der Waals surface area contributed by atoms with Gasteiger partial charge in [-0.05, 0) is 50.9 Å². The van der Waals surface area contributed by atoms with Gasteiger partial charge in [-0.2, -0.15) is 0 Å². The minimum atomic E-state index is -3.02. The molecular weight excluding hydrogens is 210 g/mol. The third-order valence-corrected chi connectivity index (χ3v) is 5.67. The molecule has 0 spiro atoms. The van der Waals surface area contributed by atoms with Crippen LogP contribution in [0.15, 0.2) is 0 Å². The molecule has 0 aromatic carbocycles. The van der Waals surface area contributed by atoms with E-state index in [0.717, 1.165) is 11.8 Å². The van der Waals surface area contributed by atoms with E-state index in [4.69, 9.17) is 0 Å². The predicted molar refractivity (Wildman–Crippen MR) is 61.0 cm³/mol. The maximum Gasteiger partial charge on any atom is 0.211 e. The molecule has 4 atom stereocenters. The summed E-state index contributed by atoms with van der Waals surface area (Å²) in [6.07, 6.45) is 5.25. The zero-order valence-corrected chi connectivity index (χ0v) is 10.4. The zero-order valence-electron chi connectivity index (χ0n) is 9.57. The molecule has 15 heavy (non-hydrogen) atoms. The van der Waals surface area contributed by atoms with Crippen LogP contribution in [0, 0.1) is 17.8 Å². The maximum atomic E-state index is 11.5. The van der Waals surface area contributed by atoms with Crippen molar-refractivity contribution < 1.29 is 8.42 Å². The Labute approximate surface area is 92.7 Å². The van der Waals surface area contributed by atoms with E-state index < -0.39 is 10.0 Å². The summed E-state index contributed by atoms with van der Waals surface area (Å²) in [4.78, 5) is 0. The molecule has 2 aliphatic carbocycles. The van der Waals surface area contributed by atoms with Crippen molar-refractivity contribution in [1.82, 2.24) is 4.72 Å². The summed E-state index contributed by atoms with van der Waals surface area (Å²) >= 11 is 0. The first-order chi connectivity index (χ1) is 7.02. The standard InChI is InChI=1S/C11H21NO2S/c1-3-15(13,14)12-8(2)11-7-9-4-5-10(11)6-9/h8-12H,3-7H2,1-2H3/t8-,9+,10+,11+/m1/s1. The SMILES string of the molecule is CCS(=O)(=O)N[C@H](C)[C@@H]1C[C@H]2CC[C@H]1C2. The summed E-state index contributed by atoms with van der Waals surface area (Å²) in [5.41, 5.74) is 0. The smallest absolute Gasteiger partial charge is 0.211 e. The fraction of sp³-hybridized carbons (Fsp3) is 1.00. The van der Waals surface area contributed by atoms with Gasteiger partial charge in [-0.1, -0.05) is 6.42 Å². The van der Waals surface area contributed by atoms with E-state index in [-0.39, 0.29) is 11.8 Å². The molecule has 1 N–H and O–H groups in total. The highest BCUT2D eigenvalue weighted by Gasteiger charge is 2.42. The normalized spacial score (nSPS) is 37.1. The van der Waals surface area contributed by atoms with Crippen molar-refractivity contribution in [3.63, 3.8) is 0 Å². The Morgan fingerprint density at radius 1 is 1.33 bits per heavy atom. The van der Waals surface area contributed by atoms with Crippen molar-refractivity contribution in [2.24, 2.45) is 17.8 Å². The van der Waals surface area contributed by atoms with Crippen molar-refractivity contribution >= 4 is 10.0 Å². The molecule has 0 unspecified atom stereocenters. The van der Waals surface area contributed by atoms with Crippen LogP contribution in [0.4, 0.5) is 0 Å². The van der Waals surface area contributed by atoms with Gasteiger partial charge in [0.1, 0.15) is 0 Å². The second-order valence-corrected chi connectivity index (χ2v) is 7.19. The van der Waals surface area contributed by atoms with Crippen LogP contribution in [-0.4, -0.2) is 20.2 Å². The van der Waals surface area contributed by atoms with Gasteiger partial charge in [0.15, 0.2) is 0 Å². The number of hydrogen-bond acceptors (Lipinski definition) is 2. The Kier molecular flexibility index (Phi) is 3.08. The molecular formula is C11H21NO2S. The second kappa shape index (κ2) is 4.06. The first-order valence-corrected chi connectivity index (χ1v) is 7.67. The maximum absolute atomic E-state index is 11.5. The van der Waals surface area contributed by atoms with E-state index in [1.54, 1.807) is 6.92 Å². The van der Waals surface area contributed by atoms with E-state index in [0.29, 0.717) is 5.92 Å². The van der Waals surface area contributed by atoms with E-state index in [1.165, 1.54) is 25.7 Å². The van der Waals surface area contributed by atoms with Crippen LogP contribution < -0.4 is 4.72 Å². The molecule has 4 heteroatoms. The molecule has 2 saturated carbocycles. The van der Waals surface area contributed by atoms with Gasteiger partial charge in [0, 0.05) is 6.04 Å². The highest BCUT2D eigenvalue weighted by atomic mass is 32.2. The summed E-state index contributed by atoms with van der Waals surface area (Å²) < 4.78 is 25.7. The highest BCUT2D eigenvalue weighted by molar-refractivity contribution is 7.89. The fourth-order valence-corrected chi connectivity index (χ4v) is 4.27. The van der Waals surface area contributed by atoms with Crippen molar-refractivity contribution in [2.75, 3.05) is 5.75 Å². The lowest BCUT2D eigenvalue weighted by molar-refractivity contribution is 0.280. The Morgan fingerprint density at radius 3 is 2.53 bits per heavy atom. The lowest BCUT2D eigenvalue weighted by Crippen LogP contribution is -2.40. The monoisotopic (exact) mass is 231 g/mol. The lowest BCUT2D eigenvalue weighted by Gasteiger charge is -2.28. The Bertz CT molecular complexity index is 325. The summed E-state index contributed by atoms with van der Waals surface area (Å²) in [5, 5.41) is 0. The van der Waals surface area contributed by atoms with Crippen molar-refractivity contribution in [3.05, 3.63) is 0 Å².